The predicted octanol–water partition coefficient (Wildman–Crippen LogP) is 5.40. The molecular formula is C28H30F6N2O5. The second-order valence-electron chi connectivity index (χ2n) is 9.75. The van der Waals surface area contributed by atoms with Crippen molar-refractivity contribution in [2.45, 2.75) is 62.9 Å². The van der Waals surface area contributed by atoms with Gasteiger partial charge in [-0.3, -0.25) is 14.5 Å². The van der Waals surface area contributed by atoms with Crippen molar-refractivity contribution >= 4 is 11.8 Å². The number of aromatic nitrogens is 1. The number of pyridine rings is 1. The van der Waals surface area contributed by atoms with Crippen LogP contribution in [0.2, 0.25) is 0 Å². The van der Waals surface area contributed by atoms with Crippen LogP contribution in [-0.4, -0.2) is 59.4 Å². The van der Waals surface area contributed by atoms with E-state index in [9.17, 15) is 41.0 Å². The van der Waals surface area contributed by atoms with E-state index in [4.69, 9.17) is 9.47 Å². The van der Waals surface area contributed by atoms with Gasteiger partial charge >= 0.3 is 12.4 Å². The topological polar surface area (TPSA) is 89.0 Å². The summed E-state index contributed by atoms with van der Waals surface area (Å²) in [5, 5.41) is 9.72. The number of carbonyl (C=O) groups excluding carboxylic acids is 2. The third-order valence-electron chi connectivity index (χ3n) is 6.91. The number of alkyl halides is 6. The van der Waals surface area contributed by atoms with Gasteiger partial charge in [0.2, 0.25) is 11.8 Å². The number of methoxy groups -OCH3 is 1. The number of hydrogen-bond acceptors (Lipinski definition) is 6. The lowest BCUT2D eigenvalue weighted by atomic mass is 9.79. The highest BCUT2D eigenvalue weighted by atomic mass is 19.4. The van der Waals surface area contributed by atoms with Gasteiger partial charge in [-0.2, -0.15) is 26.3 Å². The van der Waals surface area contributed by atoms with Crippen LogP contribution in [0.25, 0.3) is 0 Å². The summed E-state index contributed by atoms with van der Waals surface area (Å²) in [7, 11) is 1.46. The molecule has 0 saturated carbocycles. The molecule has 1 aromatic carbocycles. The predicted molar refractivity (Wildman–Crippen MR) is 135 cm³/mol. The fourth-order valence-corrected chi connectivity index (χ4v) is 4.47. The first kappa shape index (κ1) is 31.9. The van der Waals surface area contributed by atoms with Crippen molar-refractivity contribution in [3.05, 3.63) is 65.4 Å². The maximum Gasteiger partial charge on any atom is 0.430 e. The van der Waals surface area contributed by atoms with Crippen molar-refractivity contribution in [3.8, 4) is 11.6 Å². The minimum absolute atomic E-state index is 0.0185. The molecule has 13 heteroatoms. The molecule has 1 N–H and O–H groups in total. The summed E-state index contributed by atoms with van der Waals surface area (Å²) in [6, 6.07) is 5.46. The largest absolute Gasteiger partial charge is 0.493 e. The molecule has 1 unspecified atom stereocenters. The Balaban J connectivity index is 1.66. The Labute approximate surface area is 232 Å². The molecule has 1 aliphatic rings. The molecule has 0 fully saturated rings. The van der Waals surface area contributed by atoms with Gasteiger partial charge in [0.1, 0.15) is 5.75 Å². The number of ether oxygens (including phenoxy) is 2. The second kappa shape index (κ2) is 12.1. The molecule has 0 spiro atoms. The molecule has 224 valence electrons. The van der Waals surface area contributed by atoms with Gasteiger partial charge < -0.3 is 14.6 Å². The first-order valence-corrected chi connectivity index (χ1v) is 12.8. The number of hydrogen-bond donors (Lipinski definition) is 1. The van der Waals surface area contributed by atoms with Crippen LogP contribution in [0.5, 0.6) is 11.6 Å². The minimum atomic E-state index is -5.99. The molecule has 2 heterocycles. The summed E-state index contributed by atoms with van der Waals surface area (Å²) in [5.41, 5.74) is -6.87. The highest BCUT2D eigenvalue weighted by Crippen LogP contribution is 2.50. The molecule has 1 aromatic heterocycles. The molecule has 1 aliphatic heterocycles. The highest BCUT2D eigenvalue weighted by molar-refractivity contribution is 6.09. The van der Waals surface area contributed by atoms with Crippen molar-refractivity contribution in [2.24, 2.45) is 0 Å². The van der Waals surface area contributed by atoms with Crippen LogP contribution in [0.4, 0.5) is 26.3 Å². The van der Waals surface area contributed by atoms with Crippen molar-refractivity contribution in [2.75, 3.05) is 20.3 Å². The van der Waals surface area contributed by atoms with Crippen LogP contribution in [-0.2, 0) is 27.0 Å². The Kier molecular flexibility index (Phi) is 9.41. The Morgan fingerprint density at radius 2 is 1.71 bits per heavy atom. The highest BCUT2D eigenvalue weighted by Gasteiger charge is 2.71. The number of halogens is 6. The van der Waals surface area contributed by atoms with E-state index in [1.54, 1.807) is 26.0 Å². The fraction of sp³-hybridized carbons (Fsp3) is 0.464. The summed E-state index contributed by atoms with van der Waals surface area (Å²) in [6.07, 6.45) is -6.52. The quantitative estimate of drug-likeness (QED) is 0.215. The van der Waals surface area contributed by atoms with E-state index in [1.807, 2.05) is 0 Å². The monoisotopic (exact) mass is 588 g/mol. The maximum absolute atomic E-state index is 13.3. The number of benzene rings is 1. The molecule has 2 amide bonds. The van der Waals surface area contributed by atoms with Gasteiger partial charge in [-0.05, 0) is 49.4 Å². The van der Waals surface area contributed by atoms with E-state index in [0.29, 0.717) is 42.8 Å². The number of nitrogens with zero attached hydrogens (tertiary/aromatic N) is 2. The summed E-state index contributed by atoms with van der Waals surface area (Å²) in [5.74, 6) is -0.487. The van der Waals surface area contributed by atoms with E-state index >= 15 is 0 Å². The maximum atomic E-state index is 13.3. The number of amides is 2. The first-order valence-electron chi connectivity index (χ1n) is 12.8. The standard InChI is InChI=1S/C28H30F6N2O5/c1-4-7-18-16-19(26(39,27(29,30)31)28(32,33)34)8-10-21(18)41-15-6-5-14-36-23(37)12-13-25(2,24(36)38)20-9-11-22(40-3)35-17-20/h8-13,16-17,39H,4-7,14-15H2,1-3H3. The Morgan fingerprint density at radius 1 is 1.02 bits per heavy atom. The molecule has 3 rings (SSSR count). The van der Waals surface area contributed by atoms with E-state index in [1.165, 1.54) is 25.5 Å². The van der Waals surface area contributed by atoms with Crippen LogP contribution in [0.1, 0.15) is 49.8 Å². The van der Waals surface area contributed by atoms with Crippen molar-refractivity contribution in [1.29, 1.82) is 0 Å². The Morgan fingerprint density at radius 3 is 2.27 bits per heavy atom. The van der Waals surface area contributed by atoms with Gasteiger partial charge in [0, 0.05) is 30.4 Å². The van der Waals surface area contributed by atoms with Crippen LogP contribution in [0.3, 0.4) is 0 Å². The van der Waals surface area contributed by atoms with Gasteiger partial charge in [-0.15, -0.1) is 0 Å². The van der Waals surface area contributed by atoms with Gasteiger partial charge in [-0.25, -0.2) is 4.98 Å². The molecule has 7 nitrogen and oxygen atoms in total. The Bertz CT molecular complexity index is 1260. The van der Waals surface area contributed by atoms with Crippen LogP contribution >= 0.6 is 0 Å². The molecule has 0 aliphatic carbocycles. The average molecular weight is 589 g/mol. The number of aliphatic hydroxyl groups is 1. The van der Waals surface area contributed by atoms with Crippen molar-refractivity contribution in [1.82, 2.24) is 9.88 Å². The van der Waals surface area contributed by atoms with Gasteiger partial charge in [-0.1, -0.05) is 31.6 Å². The zero-order chi connectivity index (χ0) is 30.6. The molecule has 0 saturated heterocycles. The molecule has 0 radical (unpaired) electrons. The second-order valence-corrected chi connectivity index (χ2v) is 9.75. The summed E-state index contributed by atoms with van der Waals surface area (Å²) in [4.78, 5) is 30.9. The average Bonchev–Trinajstić information content (AvgIpc) is 2.91. The normalized spacial score (nSPS) is 18.1. The lowest BCUT2D eigenvalue weighted by Crippen LogP contribution is -2.53. The van der Waals surface area contributed by atoms with Crippen LogP contribution in [0, 0.1) is 0 Å². The first-order chi connectivity index (χ1) is 19.1. The number of imide groups is 1. The number of carbonyl (C=O) groups is 2. The lowest BCUT2D eigenvalue weighted by Gasteiger charge is -2.34. The van der Waals surface area contributed by atoms with E-state index < -0.39 is 40.7 Å². The fourth-order valence-electron chi connectivity index (χ4n) is 4.47. The molecule has 41 heavy (non-hydrogen) atoms. The zero-order valence-electron chi connectivity index (χ0n) is 22.6. The number of unbranched alkanes of at least 4 members (excludes halogenated alkanes) is 1. The van der Waals surface area contributed by atoms with E-state index in [2.05, 4.69) is 4.98 Å². The number of aryl methyl sites for hydroxylation is 1. The third-order valence-corrected chi connectivity index (χ3v) is 6.91. The molecular weight excluding hydrogens is 558 g/mol. The molecule has 1 atom stereocenters. The molecule has 0 bridgehead atoms. The SMILES string of the molecule is CCCc1cc(C(O)(C(F)(F)F)C(F)(F)F)ccc1OCCCCN1C(=O)C=CC(C)(c2ccc(OC)nc2)C1=O. The summed E-state index contributed by atoms with van der Waals surface area (Å²) < 4.78 is 90.5. The smallest absolute Gasteiger partial charge is 0.430 e. The lowest BCUT2D eigenvalue weighted by molar-refractivity contribution is -0.376. The molecule has 2 aromatic rings. The van der Waals surface area contributed by atoms with Gasteiger partial charge in [0.25, 0.3) is 11.5 Å². The van der Waals surface area contributed by atoms with Crippen LogP contribution < -0.4 is 9.47 Å². The third kappa shape index (κ3) is 6.34. The van der Waals surface area contributed by atoms with Gasteiger partial charge in [0.15, 0.2) is 0 Å². The summed E-state index contributed by atoms with van der Waals surface area (Å²) in [6.45, 7) is 3.43. The van der Waals surface area contributed by atoms with Crippen LogP contribution in [0.15, 0.2) is 48.7 Å². The van der Waals surface area contributed by atoms with Crippen molar-refractivity contribution in [3.63, 3.8) is 0 Å². The zero-order valence-corrected chi connectivity index (χ0v) is 22.6. The van der Waals surface area contributed by atoms with Crippen molar-refractivity contribution < 1.29 is 50.5 Å². The summed E-state index contributed by atoms with van der Waals surface area (Å²) >= 11 is 0. The Hall–Kier alpha value is -3.61. The number of rotatable bonds is 11. The minimum Gasteiger partial charge on any atom is -0.493 e. The van der Waals surface area contributed by atoms with E-state index in [0.717, 1.165) is 11.0 Å². The van der Waals surface area contributed by atoms with E-state index in [-0.39, 0.29) is 30.9 Å². The van der Waals surface area contributed by atoms with Gasteiger partial charge in [0.05, 0.1) is 19.1 Å².